The standard InChI is InChI=1S/C33H46N4O5S/c1-5-12-34(4)30(39)27-26-20-23(3)33(43-26)28(27)31(40)37(25(22-38)21-24-10-8-7-9-11-24)29(33)32(41)36(13-6-2)15-14-35-16-18-42-19-17-35/h5-11,23,25-29,38H,1-2,12-22H2,3-4H3/t23?,25-,26+,27-,28+,29?,33?/m1/s1. The molecule has 3 amide bonds. The topological polar surface area (TPSA) is 93.6 Å². The Bertz CT molecular complexity index is 1190. The highest BCUT2D eigenvalue weighted by Gasteiger charge is 2.76. The maximum atomic E-state index is 14.9. The normalized spacial score (nSPS) is 30.6. The molecule has 3 unspecified atom stereocenters. The Morgan fingerprint density at radius 3 is 2.51 bits per heavy atom. The van der Waals surface area contributed by atoms with Crippen molar-refractivity contribution in [2.75, 3.05) is 66.1 Å². The predicted octanol–water partition coefficient (Wildman–Crippen LogP) is 1.92. The monoisotopic (exact) mass is 610 g/mol. The van der Waals surface area contributed by atoms with E-state index < -0.39 is 28.7 Å². The average molecular weight is 611 g/mol. The number of ether oxygens (including phenoxy) is 1. The summed E-state index contributed by atoms with van der Waals surface area (Å²) in [6, 6.07) is 8.38. The van der Waals surface area contributed by atoms with Gasteiger partial charge in [0.1, 0.15) is 6.04 Å². The van der Waals surface area contributed by atoms with Gasteiger partial charge in [-0.2, -0.15) is 0 Å². The molecule has 9 nitrogen and oxygen atoms in total. The highest BCUT2D eigenvalue weighted by Crippen LogP contribution is 2.69. The van der Waals surface area contributed by atoms with Gasteiger partial charge in [-0.05, 0) is 24.3 Å². The van der Waals surface area contributed by atoms with Crippen LogP contribution in [0.25, 0.3) is 0 Å². The lowest BCUT2D eigenvalue weighted by molar-refractivity contribution is -0.146. The lowest BCUT2D eigenvalue weighted by Gasteiger charge is -2.42. The molecule has 0 aliphatic carbocycles. The van der Waals surface area contributed by atoms with E-state index >= 15 is 0 Å². The third-order valence-electron chi connectivity index (χ3n) is 9.85. The molecular formula is C33H46N4O5S. The zero-order valence-corrected chi connectivity index (χ0v) is 26.3. The fraction of sp³-hybridized carbons (Fsp3) is 0.606. The summed E-state index contributed by atoms with van der Waals surface area (Å²) < 4.78 is 4.75. The number of fused-ring (bicyclic) bond motifs is 1. The van der Waals surface area contributed by atoms with E-state index in [4.69, 9.17) is 4.74 Å². The van der Waals surface area contributed by atoms with E-state index in [2.05, 4.69) is 25.0 Å². The van der Waals surface area contributed by atoms with Crippen LogP contribution in [0, 0.1) is 17.8 Å². The first kappa shape index (κ1) is 31.8. The minimum absolute atomic E-state index is 0.0379. The van der Waals surface area contributed by atoms with Crippen LogP contribution in [0.1, 0.15) is 18.9 Å². The third kappa shape index (κ3) is 5.79. The average Bonchev–Trinajstić information content (AvgIpc) is 3.62. The van der Waals surface area contributed by atoms with Crippen LogP contribution in [0.4, 0.5) is 0 Å². The summed E-state index contributed by atoms with van der Waals surface area (Å²) in [6.45, 7) is 14.5. The molecule has 0 saturated carbocycles. The molecule has 1 aromatic rings. The molecule has 0 radical (unpaired) electrons. The summed E-state index contributed by atoms with van der Waals surface area (Å²) in [6.07, 6.45) is 4.61. The number of carbonyl (C=O) groups is 3. The summed E-state index contributed by atoms with van der Waals surface area (Å²) in [5, 5.41) is 10.7. The molecule has 4 aliphatic heterocycles. The number of nitrogens with zero attached hydrogens (tertiary/aromatic N) is 4. The van der Waals surface area contributed by atoms with Gasteiger partial charge in [0.25, 0.3) is 0 Å². The number of thioether (sulfide) groups is 1. The van der Waals surface area contributed by atoms with Crippen molar-refractivity contribution in [1.29, 1.82) is 0 Å². The Kier molecular flexibility index (Phi) is 10.0. The zero-order chi connectivity index (χ0) is 30.7. The summed E-state index contributed by atoms with van der Waals surface area (Å²) in [4.78, 5) is 50.9. The van der Waals surface area contributed by atoms with Crippen LogP contribution >= 0.6 is 11.8 Å². The van der Waals surface area contributed by atoms with Crippen LogP contribution in [-0.2, 0) is 25.5 Å². The molecule has 43 heavy (non-hydrogen) atoms. The third-order valence-corrected chi connectivity index (χ3v) is 11.9. The van der Waals surface area contributed by atoms with E-state index in [0.717, 1.165) is 25.1 Å². The van der Waals surface area contributed by atoms with Crippen LogP contribution in [0.2, 0.25) is 0 Å². The summed E-state index contributed by atoms with van der Waals surface area (Å²) in [5.74, 6) is -1.48. The maximum Gasteiger partial charge on any atom is 0.247 e. The predicted molar refractivity (Wildman–Crippen MR) is 168 cm³/mol. The summed E-state index contributed by atoms with van der Waals surface area (Å²) in [7, 11) is 1.75. The second-order valence-corrected chi connectivity index (χ2v) is 13.9. The molecule has 4 fully saturated rings. The van der Waals surface area contributed by atoms with Crippen molar-refractivity contribution in [3.8, 4) is 0 Å². The van der Waals surface area contributed by atoms with Gasteiger partial charge in [0, 0.05) is 51.6 Å². The van der Waals surface area contributed by atoms with E-state index in [0.29, 0.717) is 45.8 Å². The van der Waals surface area contributed by atoms with Crippen molar-refractivity contribution in [2.24, 2.45) is 17.8 Å². The van der Waals surface area contributed by atoms with Crippen molar-refractivity contribution < 1.29 is 24.2 Å². The van der Waals surface area contributed by atoms with Crippen LogP contribution in [0.5, 0.6) is 0 Å². The van der Waals surface area contributed by atoms with E-state index in [-0.39, 0.29) is 35.5 Å². The Morgan fingerprint density at radius 2 is 1.86 bits per heavy atom. The second-order valence-electron chi connectivity index (χ2n) is 12.4. The molecule has 10 heteroatoms. The molecule has 4 saturated heterocycles. The summed E-state index contributed by atoms with van der Waals surface area (Å²) in [5.41, 5.74) is 0.980. The Hall–Kier alpha value is -2.66. The first-order chi connectivity index (χ1) is 20.8. The van der Waals surface area contributed by atoms with Gasteiger partial charge >= 0.3 is 0 Å². The molecule has 1 aromatic carbocycles. The quantitative estimate of drug-likeness (QED) is 0.341. The van der Waals surface area contributed by atoms with E-state index in [1.807, 2.05) is 35.2 Å². The largest absolute Gasteiger partial charge is 0.394 e. The van der Waals surface area contributed by atoms with Gasteiger partial charge in [0.15, 0.2) is 0 Å². The summed E-state index contributed by atoms with van der Waals surface area (Å²) >= 11 is 1.67. The Morgan fingerprint density at radius 1 is 1.16 bits per heavy atom. The number of carbonyl (C=O) groups excluding carboxylic acids is 3. The number of hydrogen-bond acceptors (Lipinski definition) is 7. The number of benzene rings is 1. The van der Waals surface area contributed by atoms with Crippen molar-refractivity contribution >= 4 is 29.5 Å². The molecule has 4 heterocycles. The number of likely N-dealkylation sites (N-methyl/N-ethyl adjacent to an activating group) is 1. The second kappa shape index (κ2) is 13.5. The maximum absolute atomic E-state index is 14.9. The van der Waals surface area contributed by atoms with Gasteiger partial charge in [0.05, 0.1) is 42.4 Å². The highest BCUT2D eigenvalue weighted by molar-refractivity contribution is 8.02. The van der Waals surface area contributed by atoms with Crippen LogP contribution in [-0.4, -0.2) is 131 Å². The number of amides is 3. The number of hydrogen-bond donors (Lipinski definition) is 1. The van der Waals surface area contributed by atoms with Crippen molar-refractivity contribution in [1.82, 2.24) is 19.6 Å². The van der Waals surface area contributed by atoms with Crippen LogP contribution in [0.15, 0.2) is 55.6 Å². The van der Waals surface area contributed by atoms with E-state index in [1.165, 1.54) is 0 Å². The van der Waals surface area contributed by atoms with Gasteiger partial charge < -0.3 is 24.5 Å². The van der Waals surface area contributed by atoms with Crippen molar-refractivity contribution in [2.45, 2.75) is 41.8 Å². The van der Waals surface area contributed by atoms with Crippen molar-refractivity contribution in [3.05, 3.63) is 61.2 Å². The lowest BCUT2D eigenvalue weighted by atomic mass is 9.65. The number of aliphatic hydroxyl groups is 1. The Labute approximate surface area is 259 Å². The molecule has 234 valence electrons. The first-order valence-electron chi connectivity index (χ1n) is 15.5. The highest BCUT2D eigenvalue weighted by atomic mass is 32.2. The van der Waals surface area contributed by atoms with Gasteiger partial charge in [-0.25, -0.2) is 0 Å². The molecule has 7 atom stereocenters. The molecule has 1 N–H and O–H groups in total. The molecule has 2 bridgehead atoms. The number of aliphatic hydroxyl groups excluding tert-OH is 1. The molecule has 4 aliphatic rings. The fourth-order valence-corrected chi connectivity index (χ4v) is 10.2. The fourth-order valence-electron chi connectivity index (χ4n) is 7.80. The molecular weight excluding hydrogens is 564 g/mol. The van der Waals surface area contributed by atoms with Gasteiger partial charge in [-0.15, -0.1) is 24.9 Å². The van der Waals surface area contributed by atoms with Gasteiger partial charge in [0.2, 0.25) is 17.7 Å². The number of rotatable bonds is 13. The number of morpholine rings is 1. The zero-order valence-electron chi connectivity index (χ0n) is 25.5. The number of likely N-dealkylation sites (tertiary alicyclic amines) is 1. The molecule has 0 aromatic heterocycles. The van der Waals surface area contributed by atoms with Crippen molar-refractivity contribution in [3.63, 3.8) is 0 Å². The van der Waals surface area contributed by atoms with Crippen LogP contribution in [0.3, 0.4) is 0 Å². The first-order valence-corrected chi connectivity index (χ1v) is 16.4. The van der Waals surface area contributed by atoms with E-state index in [1.54, 1.807) is 40.8 Å². The SMILES string of the molecule is C=CCN(C)C(=O)[C@@H]1[C@@H]2CC(C)C3(S2)C(C(=O)N(CC=C)CCN2CCOCC2)N([C@@H](CO)Cc2ccccc2)C(=O)[C@H]13. The smallest absolute Gasteiger partial charge is 0.247 e. The molecule has 1 spiro atoms. The van der Waals surface area contributed by atoms with Gasteiger partial charge in [-0.3, -0.25) is 19.3 Å². The van der Waals surface area contributed by atoms with Gasteiger partial charge in [-0.1, -0.05) is 49.4 Å². The lowest BCUT2D eigenvalue weighted by Crippen LogP contribution is -2.60. The minimum Gasteiger partial charge on any atom is -0.394 e. The van der Waals surface area contributed by atoms with Crippen LogP contribution < -0.4 is 0 Å². The van der Waals surface area contributed by atoms with E-state index in [9.17, 15) is 19.5 Å². The Balaban J connectivity index is 1.54. The molecule has 5 rings (SSSR count). The minimum atomic E-state index is -0.789.